The first-order chi connectivity index (χ1) is 6.79. The number of ether oxygens (including phenoxy) is 1. The molecule has 2 rings (SSSR count). The molecule has 2 heterocycles. The molecule has 0 aliphatic heterocycles. The van der Waals surface area contributed by atoms with Crippen LogP contribution >= 0.6 is 0 Å². The molecule has 0 spiro atoms. The first-order valence-electron chi connectivity index (χ1n) is 3.84. The Hall–Kier alpha value is -2.18. The van der Waals surface area contributed by atoms with Crippen LogP contribution in [-0.2, 0) is 0 Å². The van der Waals surface area contributed by atoms with Gasteiger partial charge in [0.05, 0.1) is 19.5 Å². The van der Waals surface area contributed by atoms with Crippen LogP contribution < -0.4 is 10.5 Å². The Morgan fingerprint density at radius 2 is 2.07 bits per heavy atom. The number of methoxy groups -OCH3 is 1. The van der Waals surface area contributed by atoms with Crippen molar-refractivity contribution in [1.82, 2.24) is 25.1 Å². The van der Waals surface area contributed by atoms with E-state index in [4.69, 9.17) is 10.5 Å². The van der Waals surface area contributed by atoms with Gasteiger partial charge in [0.25, 0.3) is 0 Å². The summed E-state index contributed by atoms with van der Waals surface area (Å²) in [5.41, 5.74) is 5.34. The first-order valence-corrected chi connectivity index (χ1v) is 3.84. The van der Waals surface area contributed by atoms with Crippen molar-refractivity contribution in [3.63, 3.8) is 0 Å². The van der Waals surface area contributed by atoms with Crippen LogP contribution in [0.5, 0.6) is 5.75 Å². The second-order valence-corrected chi connectivity index (χ2v) is 2.49. The van der Waals surface area contributed by atoms with Crippen molar-refractivity contribution in [1.29, 1.82) is 0 Å². The monoisotopic (exact) mass is 192 g/mol. The number of H-pyrrole nitrogens is 1. The Morgan fingerprint density at radius 1 is 1.36 bits per heavy atom. The summed E-state index contributed by atoms with van der Waals surface area (Å²) >= 11 is 0. The molecular formula is C7H8N6O. The third-order valence-electron chi connectivity index (χ3n) is 1.58. The molecule has 0 unspecified atom stereocenters. The Bertz CT molecular complexity index is 422. The number of rotatable bonds is 2. The topological polar surface area (TPSA) is 103 Å². The molecule has 0 saturated carbocycles. The summed E-state index contributed by atoms with van der Waals surface area (Å²) in [6.45, 7) is 0. The fourth-order valence-electron chi connectivity index (χ4n) is 0.919. The molecule has 0 aliphatic rings. The van der Waals surface area contributed by atoms with E-state index >= 15 is 0 Å². The van der Waals surface area contributed by atoms with Gasteiger partial charge >= 0.3 is 0 Å². The maximum atomic E-state index is 5.34. The van der Waals surface area contributed by atoms with E-state index in [1.807, 2.05) is 0 Å². The van der Waals surface area contributed by atoms with Gasteiger partial charge in [-0.2, -0.15) is 4.98 Å². The smallest absolute Gasteiger partial charge is 0.239 e. The zero-order chi connectivity index (χ0) is 9.97. The second-order valence-electron chi connectivity index (χ2n) is 2.49. The SMILES string of the molecule is COc1cnc(-c2nc(N)n[nH]2)nc1. The highest BCUT2D eigenvalue weighted by atomic mass is 16.5. The molecule has 0 saturated heterocycles. The minimum atomic E-state index is 0.166. The third kappa shape index (κ3) is 1.47. The van der Waals surface area contributed by atoms with Gasteiger partial charge in [0.15, 0.2) is 17.4 Å². The summed E-state index contributed by atoms with van der Waals surface area (Å²) in [5.74, 6) is 1.61. The van der Waals surface area contributed by atoms with E-state index < -0.39 is 0 Å². The van der Waals surface area contributed by atoms with Crippen LogP contribution in [0.15, 0.2) is 12.4 Å². The summed E-state index contributed by atoms with van der Waals surface area (Å²) in [6.07, 6.45) is 3.09. The van der Waals surface area contributed by atoms with Gasteiger partial charge in [-0.3, -0.25) is 5.10 Å². The maximum absolute atomic E-state index is 5.34. The normalized spacial score (nSPS) is 10.1. The quantitative estimate of drug-likeness (QED) is 0.686. The van der Waals surface area contributed by atoms with Gasteiger partial charge in [0.2, 0.25) is 5.95 Å². The average molecular weight is 192 g/mol. The number of nitrogens with zero attached hydrogens (tertiary/aromatic N) is 4. The largest absolute Gasteiger partial charge is 0.494 e. The van der Waals surface area contributed by atoms with Crippen LogP contribution in [0.25, 0.3) is 11.6 Å². The number of anilines is 1. The predicted octanol–water partition coefficient (Wildman–Crippen LogP) is -0.148. The highest BCUT2D eigenvalue weighted by molar-refractivity contribution is 5.44. The molecule has 2 aromatic rings. The summed E-state index contributed by atoms with van der Waals surface area (Å²) in [6, 6.07) is 0. The lowest BCUT2D eigenvalue weighted by Crippen LogP contribution is -1.92. The van der Waals surface area contributed by atoms with Crippen LogP contribution in [0.2, 0.25) is 0 Å². The zero-order valence-electron chi connectivity index (χ0n) is 7.43. The fourth-order valence-corrected chi connectivity index (χ4v) is 0.919. The molecule has 2 aromatic heterocycles. The standard InChI is InChI=1S/C7H8N6O/c1-14-4-2-9-5(10-3-4)6-11-7(8)13-12-6/h2-3H,1H3,(H3,8,11,12,13). The molecular weight excluding hydrogens is 184 g/mol. The van der Waals surface area contributed by atoms with E-state index in [1.165, 1.54) is 0 Å². The minimum Gasteiger partial charge on any atom is -0.494 e. The van der Waals surface area contributed by atoms with Crippen molar-refractivity contribution in [3.8, 4) is 17.4 Å². The number of aromatic nitrogens is 5. The highest BCUT2D eigenvalue weighted by Crippen LogP contribution is 2.11. The van der Waals surface area contributed by atoms with Crippen LogP contribution in [0.1, 0.15) is 0 Å². The van der Waals surface area contributed by atoms with Crippen LogP contribution in [0, 0.1) is 0 Å². The van der Waals surface area contributed by atoms with Crippen LogP contribution in [0.3, 0.4) is 0 Å². The maximum Gasteiger partial charge on any atom is 0.239 e. The Kier molecular flexibility index (Phi) is 1.98. The van der Waals surface area contributed by atoms with Crippen molar-refractivity contribution in [3.05, 3.63) is 12.4 Å². The van der Waals surface area contributed by atoms with Gasteiger partial charge in [-0.25, -0.2) is 9.97 Å². The molecule has 7 nitrogen and oxygen atoms in total. The molecule has 0 radical (unpaired) electrons. The zero-order valence-corrected chi connectivity index (χ0v) is 7.43. The lowest BCUT2D eigenvalue weighted by atomic mass is 10.5. The number of nitrogen functional groups attached to an aromatic ring is 1. The molecule has 0 aliphatic carbocycles. The van der Waals surface area contributed by atoms with E-state index in [0.29, 0.717) is 17.4 Å². The molecule has 0 bridgehead atoms. The number of aromatic amines is 1. The summed E-state index contributed by atoms with van der Waals surface area (Å²) in [4.78, 5) is 11.9. The molecule has 3 N–H and O–H groups in total. The van der Waals surface area contributed by atoms with Gasteiger partial charge in [0, 0.05) is 0 Å². The van der Waals surface area contributed by atoms with E-state index in [0.717, 1.165) is 0 Å². The van der Waals surface area contributed by atoms with Crippen molar-refractivity contribution in [2.24, 2.45) is 0 Å². The predicted molar refractivity (Wildman–Crippen MR) is 48.4 cm³/mol. The van der Waals surface area contributed by atoms with E-state index in [1.54, 1.807) is 19.5 Å². The number of hydrogen-bond acceptors (Lipinski definition) is 6. The van der Waals surface area contributed by atoms with Crippen LogP contribution in [-0.4, -0.2) is 32.3 Å². The van der Waals surface area contributed by atoms with Gasteiger partial charge < -0.3 is 10.5 Å². The van der Waals surface area contributed by atoms with Crippen molar-refractivity contribution >= 4 is 5.95 Å². The average Bonchev–Trinajstić information content (AvgIpc) is 2.65. The second kappa shape index (κ2) is 3.29. The highest BCUT2D eigenvalue weighted by Gasteiger charge is 2.05. The molecule has 7 heteroatoms. The van der Waals surface area contributed by atoms with Crippen LogP contribution in [0.4, 0.5) is 5.95 Å². The van der Waals surface area contributed by atoms with E-state index in [9.17, 15) is 0 Å². The van der Waals surface area contributed by atoms with Gasteiger partial charge in [-0.05, 0) is 0 Å². The Labute approximate surface area is 79.4 Å². The summed E-state index contributed by atoms with van der Waals surface area (Å²) < 4.78 is 4.91. The van der Waals surface area contributed by atoms with Gasteiger partial charge in [-0.15, -0.1) is 5.10 Å². The number of hydrogen-bond donors (Lipinski definition) is 2. The molecule has 0 amide bonds. The number of nitrogens with one attached hydrogen (secondary N) is 1. The Balaban J connectivity index is 2.33. The summed E-state index contributed by atoms with van der Waals surface area (Å²) in [5, 5.41) is 6.27. The van der Waals surface area contributed by atoms with E-state index in [-0.39, 0.29) is 5.95 Å². The fraction of sp³-hybridized carbons (Fsp3) is 0.143. The first kappa shape index (κ1) is 8.42. The van der Waals surface area contributed by atoms with Gasteiger partial charge in [-0.1, -0.05) is 0 Å². The molecule has 0 aromatic carbocycles. The van der Waals surface area contributed by atoms with E-state index in [2.05, 4.69) is 25.1 Å². The Morgan fingerprint density at radius 3 is 2.57 bits per heavy atom. The molecule has 72 valence electrons. The van der Waals surface area contributed by atoms with Crippen molar-refractivity contribution in [2.75, 3.05) is 12.8 Å². The molecule has 0 atom stereocenters. The van der Waals surface area contributed by atoms with Crippen molar-refractivity contribution in [2.45, 2.75) is 0 Å². The third-order valence-corrected chi connectivity index (χ3v) is 1.58. The lowest BCUT2D eigenvalue weighted by Gasteiger charge is -1.97. The van der Waals surface area contributed by atoms with Gasteiger partial charge in [0.1, 0.15) is 0 Å². The minimum absolute atomic E-state index is 0.166. The van der Waals surface area contributed by atoms with Crippen molar-refractivity contribution < 1.29 is 4.74 Å². The molecule has 14 heavy (non-hydrogen) atoms. The molecule has 0 fully saturated rings. The lowest BCUT2D eigenvalue weighted by molar-refractivity contribution is 0.411. The summed E-state index contributed by atoms with van der Waals surface area (Å²) in [7, 11) is 1.55. The number of nitrogens with two attached hydrogens (primary N) is 1.